The van der Waals surface area contributed by atoms with Crippen molar-refractivity contribution in [2.75, 3.05) is 18.1 Å². The minimum Gasteiger partial charge on any atom is -0.475 e. The van der Waals surface area contributed by atoms with Crippen LogP contribution >= 0.6 is 0 Å². The molecule has 1 N–H and O–H groups in total. The Morgan fingerprint density at radius 2 is 2.28 bits per heavy atom. The number of ether oxygens (including phenoxy) is 1. The van der Waals surface area contributed by atoms with Crippen molar-refractivity contribution in [2.24, 2.45) is 5.92 Å². The van der Waals surface area contributed by atoms with Gasteiger partial charge in [-0.1, -0.05) is 0 Å². The lowest BCUT2D eigenvalue weighted by Crippen LogP contribution is -2.37. The SMILES string of the molecule is C[C@@H]1COc2ncc(F)cc2C23CC2CCN3c2ccn3ncc(c3n2)C(=O)N1. The summed E-state index contributed by atoms with van der Waals surface area (Å²) in [5, 5.41) is 7.17. The molecule has 1 saturated heterocycles. The Hall–Kier alpha value is -3.23. The van der Waals surface area contributed by atoms with E-state index >= 15 is 0 Å². The maximum Gasteiger partial charge on any atom is 0.257 e. The molecule has 2 aliphatic heterocycles. The van der Waals surface area contributed by atoms with E-state index < -0.39 is 0 Å². The molecule has 3 aromatic heterocycles. The number of nitrogens with zero attached hydrogens (tertiary/aromatic N) is 5. The van der Waals surface area contributed by atoms with E-state index in [1.54, 1.807) is 4.52 Å². The van der Waals surface area contributed by atoms with E-state index in [1.807, 2.05) is 19.2 Å². The molecule has 1 amide bonds. The molecule has 1 aliphatic carbocycles. The fourth-order valence-electron chi connectivity index (χ4n) is 4.84. The Balaban J connectivity index is 1.57. The van der Waals surface area contributed by atoms with Gasteiger partial charge in [-0.25, -0.2) is 18.9 Å². The van der Waals surface area contributed by atoms with Gasteiger partial charge in [-0.2, -0.15) is 5.10 Å². The Morgan fingerprint density at radius 3 is 3.14 bits per heavy atom. The zero-order valence-electron chi connectivity index (χ0n) is 15.8. The first kappa shape index (κ1) is 16.7. The van der Waals surface area contributed by atoms with Crippen molar-refractivity contribution < 1.29 is 13.9 Å². The molecule has 2 unspecified atom stereocenters. The van der Waals surface area contributed by atoms with Crippen LogP contribution in [0, 0.1) is 11.7 Å². The van der Waals surface area contributed by atoms with E-state index in [9.17, 15) is 9.18 Å². The molecule has 6 rings (SSSR count). The molecule has 0 radical (unpaired) electrons. The van der Waals surface area contributed by atoms with Crippen LogP contribution in [-0.4, -0.2) is 44.7 Å². The second-order valence-electron chi connectivity index (χ2n) is 8.07. The first-order valence-corrected chi connectivity index (χ1v) is 9.78. The van der Waals surface area contributed by atoms with Crippen molar-refractivity contribution in [2.45, 2.75) is 31.3 Å². The third-order valence-corrected chi connectivity index (χ3v) is 6.26. The van der Waals surface area contributed by atoms with Crippen molar-refractivity contribution in [3.63, 3.8) is 0 Å². The Morgan fingerprint density at radius 1 is 1.38 bits per heavy atom. The number of pyridine rings is 1. The van der Waals surface area contributed by atoms with Gasteiger partial charge in [-0.3, -0.25) is 4.79 Å². The van der Waals surface area contributed by atoms with Gasteiger partial charge in [0.1, 0.15) is 23.8 Å². The normalized spacial score (nSPS) is 27.8. The van der Waals surface area contributed by atoms with Gasteiger partial charge < -0.3 is 15.0 Å². The first-order chi connectivity index (χ1) is 14.1. The summed E-state index contributed by atoms with van der Waals surface area (Å²) in [6.45, 7) is 2.88. The van der Waals surface area contributed by atoms with E-state index in [2.05, 4.69) is 20.3 Å². The van der Waals surface area contributed by atoms with E-state index in [1.165, 1.54) is 18.5 Å². The highest BCUT2D eigenvalue weighted by Gasteiger charge is 2.65. The molecule has 148 valence electrons. The molecule has 2 fully saturated rings. The number of nitrogens with one attached hydrogen (secondary N) is 1. The fourth-order valence-corrected chi connectivity index (χ4v) is 4.84. The quantitative estimate of drug-likeness (QED) is 0.627. The van der Waals surface area contributed by atoms with Crippen LogP contribution in [0.2, 0.25) is 0 Å². The fraction of sp³-hybridized carbons (Fsp3) is 0.400. The summed E-state index contributed by atoms with van der Waals surface area (Å²) in [5.41, 5.74) is 1.31. The number of anilines is 1. The molecular formula is C20H19FN6O2. The lowest BCUT2D eigenvalue weighted by atomic mass is 10.0. The van der Waals surface area contributed by atoms with Crippen molar-refractivity contribution >= 4 is 17.4 Å². The topological polar surface area (TPSA) is 84.7 Å². The second kappa shape index (κ2) is 5.65. The average Bonchev–Trinajstić information content (AvgIpc) is 3.09. The molecule has 1 spiro atoms. The number of hydrogen-bond donors (Lipinski definition) is 1. The standard InChI is InChI=1S/C20H19FN6O2/c1-11-10-29-19-15(6-13(21)8-22-19)20-7-12(20)2-4-26(20)16-3-5-27-17(25-16)14(9-23-27)18(28)24-11/h3,5-6,8-9,11-12H,2,4,7,10H2,1H3,(H,24,28)/t11-,12?,20?/m1/s1. The smallest absolute Gasteiger partial charge is 0.257 e. The van der Waals surface area contributed by atoms with Crippen molar-refractivity contribution in [3.05, 3.63) is 47.7 Å². The van der Waals surface area contributed by atoms with Gasteiger partial charge >= 0.3 is 0 Å². The predicted molar refractivity (Wildman–Crippen MR) is 101 cm³/mol. The molecule has 8 nitrogen and oxygen atoms in total. The maximum atomic E-state index is 14.2. The van der Waals surface area contributed by atoms with E-state index in [0.717, 1.165) is 30.8 Å². The van der Waals surface area contributed by atoms with Gasteiger partial charge in [0.25, 0.3) is 5.91 Å². The van der Waals surface area contributed by atoms with E-state index in [4.69, 9.17) is 9.72 Å². The second-order valence-corrected chi connectivity index (χ2v) is 8.07. The Labute approximate surface area is 165 Å². The van der Waals surface area contributed by atoms with Crippen molar-refractivity contribution in [1.82, 2.24) is 24.9 Å². The molecule has 0 aromatic carbocycles. The predicted octanol–water partition coefficient (Wildman–Crippen LogP) is 1.90. The summed E-state index contributed by atoms with van der Waals surface area (Å²) in [7, 11) is 0. The zero-order valence-corrected chi connectivity index (χ0v) is 15.8. The van der Waals surface area contributed by atoms with Crippen LogP contribution < -0.4 is 15.0 Å². The van der Waals surface area contributed by atoms with E-state index in [-0.39, 0.29) is 29.9 Å². The third kappa shape index (κ3) is 2.30. The van der Waals surface area contributed by atoms with Crippen LogP contribution in [0.4, 0.5) is 10.2 Å². The minimum absolute atomic E-state index is 0.230. The molecule has 29 heavy (non-hydrogen) atoms. The molecule has 2 bridgehead atoms. The molecule has 5 heterocycles. The number of rotatable bonds is 0. The van der Waals surface area contributed by atoms with Crippen molar-refractivity contribution in [3.8, 4) is 5.88 Å². The maximum absolute atomic E-state index is 14.2. The van der Waals surface area contributed by atoms with Gasteiger partial charge in [-0.15, -0.1) is 0 Å². The van der Waals surface area contributed by atoms with Crippen LogP contribution in [0.3, 0.4) is 0 Å². The summed E-state index contributed by atoms with van der Waals surface area (Å²) in [6.07, 6.45) is 6.41. The van der Waals surface area contributed by atoms with Crippen LogP contribution in [-0.2, 0) is 5.54 Å². The number of piperidine rings is 1. The molecule has 1 saturated carbocycles. The van der Waals surface area contributed by atoms with Gasteiger partial charge in [0, 0.05) is 18.3 Å². The number of carbonyl (C=O) groups excluding carboxylic acids is 1. The summed E-state index contributed by atoms with van der Waals surface area (Å²) in [4.78, 5) is 24.0. The minimum atomic E-state index is -0.383. The third-order valence-electron chi connectivity index (χ3n) is 6.26. The van der Waals surface area contributed by atoms with Gasteiger partial charge in [0.2, 0.25) is 5.88 Å². The van der Waals surface area contributed by atoms with Gasteiger partial charge in [-0.05, 0) is 37.8 Å². The molecular weight excluding hydrogens is 375 g/mol. The first-order valence-electron chi connectivity index (χ1n) is 9.78. The summed E-state index contributed by atoms with van der Waals surface area (Å²) >= 11 is 0. The highest BCUT2D eigenvalue weighted by molar-refractivity contribution is 6.00. The number of amides is 1. The monoisotopic (exact) mass is 394 g/mol. The average molecular weight is 394 g/mol. The summed E-state index contributed by atoms with van der Waals surface area (Å²) in [6, 6.07) is 3.15. The number of hydrogen-bond acceptors (Lipinski definition) is 6. The number of aromatic nitrogens is 4. The molecule has 3 aliphatic rings. The molecule has 3 atom stereocenters. The van der Waals surface area contributed by atoms with Gasteiger partial charge in [0.05, 0.1) is 24.0 Å². The number of carbonyl (C=O) groups is 1. The highest BCUT2D eigenvalue weighted by Crippen LogP contribution is 2.64. The highest BCUT2D eigenvalue weighted by atomic mass is 19.1. The van der Waals surface area contributed by atoms with E-state index in [0.29, 0.717) is 23.0 Å². The summed E-state index contributed by atoms with van der Waals surface area (Å²) < 4.78 is 21.8. The lowest BCUT2D eigenvalue weighted by Gasteiger charge is -2.31. The largest absolute Gasteiger partial charge is 0.475 e. The van der Waals surface area contributed by atoms with Crippen LogP contribution in [0.15, 0.2) is 30.7 Å². The molecule has 9 heteroatoms. The van der Waals surface area contributed by atoms with Crippen LogP contribution in [0.1, 0.15) is 35.7 Å². The Bertz CT molecular complexity index is 1160. The number of halogens is 1. The molecule has 3 aromatic rings. The lowest BCUT2D eigenvalue weighted by molar-refractivity contribution is 0.0927. The number of fused-ring (bicyclic) bond motifs is 3. The summed E-state index contributed by atoms with van der Waals surface area (Å²) in [5.74, 6) is 0.928. The Kier molecular flexibility index (Phi) is 3.25. The zero-order chi connectivity index (χ0) is 19.8. The van der Waals surface area contributed by atoms with Crippen LogP contribution in [0.5, 0.6) is 5.88 Å². The van der Waals surface area contributed by atoms with Gasteiger partial charge in [0.15, 0.2) is 5.65 Å². The van der Waals surface area contributed by atoms with Crippen molar-refractivity contribution in [1.29, 1.82) is 0 Å². The van der Waals surface area contributed by atoms with Crippen LogP contribution in [0.25, 0.3) is 5.65 Å².